The summed E-state index contributed by atoms with van der Waals surface area (Å²) in [6.45, 7) is 0. The second-order valence-corrected chi connectivity index (χ2v) is 4.77. The van der Waals surface area contributed by atoms with Crippen LogP contribution in [0.15, 0.2) is 36.5 Å². The van der Waals surface area contributed by atoms with Crippen LogP contribution in [0.1, 0.15) is 23.7 Å². The Kier molecular flexibility index (Phi) is 4.39. The summed E-state index contributed by atoms with van der Waals surface area (Å²) < 4.78 is 1.84. The molecule has 1 aromatic carbocycles. The maximum absolute atomic E-state index is 6.18. The number of rotatable bonds is 5. The molecular formula is C14H18ClN3. The predicted molar refractivity (Wildman–Crippen MR) is 74.8 cm³/mol. The van der Waals surface area contributed by atoms with Gasteiger partial charge in [0.2, 0.25) is 0 Å². The molecule has 0 aliphatic carbocycles. The topological polar surface area (TPSA) is 29.9 Å². The lowest BCUT2D eigenvalue weighted by Crippen LogP contribution is -2.20. The third-order valence-corrected chi connectivity index (χ3v) is 3.47. The summed E-state index contributed by atoms with van der Waals surface area (Å²) >= 11 is 6.18. The molecule has 1 N–H and O–H groups in total. The average molecular weight is 264 g/mol. The minimum atomic E-state index is 0.227. The lowest BCUT2D eigenvalue weighted by molar-refractivity contribution is 0.506. The van der Waals surface area contributed by atoms with Crippen molar-refractivity contribution in [2.24, 2.45) is 7.05 Å². The van der Waals surface area contributed by atoms with E-state index in [2.05, 4.69) is 34.7 Å². The van der Waals surface area contributed by atoms with Gasteiger partial charge in [-0.15, -0.1) is 0 Å². The van der Waals surface area contributed by atoms with Gasteiger partial charge < -0.3 is 5.32 Å². The quantitative estimate of drug-likeness (QED) is 0.899. The number of hydrogen-bond acceptors (Lipinski definition) is 2. The van der Waals surface area contributed by atoms with Crippen molar-refractivity contribution in [1.82, 2.24) is 15.1 Å². The smallest absolute Gasteiger partial charge is 0.0833 e. The SMILES string of the molecule is CNC(CCc1ccccc1)c1c(Cl)cnn1C. The first-order chi connectivity index (χ1) is 8.72. The normalized spacial score (nSPS) is 12.6. The van der Waals surface area contributed by atoms with E-state index in [0.29, 0.717) is 0 Å². The van der Waals surface area contributed by atoms with Crippen molar-refractivity contribution >= 4 is 11.6 Å². The Bertz CT molecular complexity index is 473. The van der Waals surface area contributed by atoms with Crippen LogP contribution < -0.4 is 5.32 Å². The van der Waals surface area contributed by atoms with E-state index in [1.807, 2.05) is 24.8 Å². The van der Waals surface area contributed by atoms with Crippen LogP contribution in [0.3, 0.4) is 0 Å². The van der Waals surface area contributed by atoms with Crippen molar-refractivity contribution in [1.29, 1.82) is 0 Å². The molecule has 96 valence electrons. The average Bonchev–Trinajstić information content (AvgIpc) is 2.73. The van der Waals surface area contributed by atoms with Gasteiger partial charge in [-0.3, -0.25) is 4.68 Å². The molecule has 1 heterocycles. The Labute approximate surface area is 113 Å². The van der Waals surface area contributed by atoms with E-state index in [1.54, 1.807) is 6.20 Å². The minimum absolute atomic E-state index is 0.227. The largest absolute Gasteiger partial charge is 0.312 e. The monoisotopic (exact) mass is 263 g/mol. The van der Waals surface area contributed by atoms with Gasteiger partial charge in [0, 0.05) is 7.05 Å². The summed E-state index contributed by atoms with van der Waals surface area (Å²) in [4.78, 5) is 0. The molecule has 2 rings (SSSR count). The van der Waals surface area contributed by atoms with Gasteiger partial charge in [0.05, 0.1) is 23.0 Å². The summed E-state index contributed by atoms with van der Waals surface area (Å²) in [6, 6.07) is 10.7. The van der Waals surface area contributed by atoms with E-state index in [-0.39, 0.29) is 6.04 Å². The molecule has 0 radical (unpaired) electrons. The molecule has 0 spiro atoms. The molecule has 1 atom stereocenters. The standard InChI is InChI=1S/C14H18ClN3/c1-16-13(14-12(15)10-17-18(14)2)9-8-11-6-4-3-5-7-11/h3-7,10,13,16H,8-9H2,1-2H3. The van der Waals surface area contributed by atoms with E-state index in [4.69, 9.17) is 11.6 Å². The molecule has 1 unspecified atom stereocenters. The van der Waals surface area contributed by atoms with E-state index < -0.39 is 0 Å². The van der Waals surface area contributed by atoms with Crippen molar-refractivity contribution in [2.45, 2.75) is 18.9 Å². The Hall–Kier alpha value is -1.32. The number of aryl methyl sites for hydroxylation is 2. The van der Waals surface area contributed by atoms with E-state index >= 15 is 0 Å². The van der Waals surface area contributed by atoms with Crippen molar-refractivity contribution in [3.05, 3.63) is 52.8 Å². The number of aromatic nitrogens is 2. The molecule has 0 saturated heterocycles. The van der Waals surface area contributed by atoms with Crippen LogP contribution in [0.4, 0.5) is 0 Å². The summed E-state index contributed by atoms with van der Waals surface area (Å²) in [6.07, 6.45) is 3.72. The first-order valence-corrected chi connectivity index (χ1v) is 6.48. The molecule has 0 aliphatic heterocycles. The van der Waals surface area contributed by atoms with Crippen LogP contribution in [0.5, 0.6) is 0 Å². The Morgan fingerprint density at radius 2 is 2.06 bits per heavy atom. The number of benzene rings is 1. The fraction of sp³-hybridized carbons (Fsp3) is 0.357. The van der Waals surface area contributed by atoms with Gasteiger partial charge >= 0.3 is 0 Å². The van der Waals surface area contributed by atoms with Gasteiger partial charge in [-0.1, -0.05) is 41.9 Å². The highest BCUT2D eigenvalue weighted by Crippen LogP contribution is 2.25. The van der Waals surface area contributed by atoms with Crippen LogP contribution in [0.2, 0.25) is 5.02 Å². The van der Waals surface area contributed by atoms with Crippen LogP contribution in [-0.2, 0) is 13.5 Å². The zero-order valence-electron chi connectivity index (χ0n) is 10.7. The maximum Gasteiger partial charge on any atom is 0.0833 e. The molecule has 18 heavy (non-hydrogen) atoms. The highest BCUT2D eigenvalue weighted by molar-refractivity contribution is 6.31. The second-order valence-electron chi connectivity index (χ2n) is 4.37. The van der Waals surface area contributed by atoms with Gasteiger partial charge in [-0.05, 0) is 25.5 Å². The third-order valence-electron chi connectivity index (χ3n) is 3.18. The minimum Gasteiger partial charge on any atom is -0.312 e. The van der Waals surface area contributed by atoms with Crippen LogP contribution in [0, 0.1) is 0 Å². The number of nitrogens with zero attached hydrogens (tertiary/aromatic N) is 2. The van der Waals surface area contributed by atoms with Gasteiger partial charge in [-0.25, -0.2) is 0 Å². The molecular weight excluding hydrogens is 246 g/mol. The van der Waals surface area contributed by atoms with Gasteiger partial charge in [0.1, 0.15) is 0 Å². The fourth-order valence-electron chi connectivity index (χ4n) is 2.19. The van der Waals surface area contributed by atoms with Crippen molar-refractivity contribution < 1.29 is 0 Å². The number of nitrogens with one attached hydrogen (secondary N) is 1. The predicted octanol–water partition coefficient (Wildman–Crippen LogP) is 2.97. The maximum atomic E-state index is 6.18. The van der Waals surface area contributed by atoms with Crippen molar-refractivity contribution in [2.75, 3.05) is 7.05 Å². The lowest BCUT2D eigenvalue weighted by Gasteiger charge is -2.17. The molecule has 0 aliphatic rings. The van der Waals surface area contributed by atoms with Gasteiger partial charge in [0.25, 0.3) is 0 Å². The van der Waals surface area contributed by atoms with E-state index in [0.717, 1.165) is 23.6 Å². The zero-order chi connectivity index (χ0) is 13.0. The van der Waals surface area contributed by atoms with Crippen molar-refractivity contribution in [3.8, 4) is 0 Å². The Morgan fingerprint density at radius 1 is 1.33 bits per heavy atom. The highest BCUT2D eigenvalue weighted by Gasteiger charge is 2.17. The zero-order valence-corrected chi connectivity index (χ0v) is 11.5. The summed E-state index contributed by atoms with van der Waals surface area (Å²) in [7, 11) is 3.88. The molecule has 4 heteroatoms. The molecule has 1 aromatic heterocycles. The Morgan fingerprint density at radius 3 is 2.61 bits per heavy atom. The second kappa shape index (κ2) is 6.03. The molecule has 3 nitrogen and oxygen atoms in total. The number of hydrogen-bond donors (Lipinski definition) is 1. The first kappa shape index (κ1) is 13.1. The third kappa shape index (κ3) is 2.92. The van der Waals surface area contributed by atoms with E-state index in [1.165, 1.54) is 5.56 Å². The van der Waals surface area contributed by atoms with Crippen LogP contribution in [-0.4, -0.2) is 16.8 Å². The molecule has 0 bridgehead atoms. The summed E-state index contributed by atoms with van der Waals surface area (Å²) in [5.74, 6) is 0. The molecule has 0 saturated carbocycles. The van der Waals surface area contributed by atoms with Crippen LogP contribution >= 0.6 is 11.6 Å². The number of halogens is 1. The Balaban J connectivity index is 2.07. The van der Waals surface area contributed by atoms with Gasteiger partial charge in [0.15, 0.2) is 0 Å². The van der Waals surface area contributed by atoms with Gasteiger partial charge in [-0.2, -0.15) is 5.10 Å². The molecule has 2 aromatic rings. The summed E-state index contributed by atoms with van der Waals surface area (Å²) in [5.41, 5.74) is 2.39. The summed E-state index contributed by atoms with van der Waals surface area (Å²) in [5, 5.41) is 8.22. The van der Waals surface area contributed by atoms with E-state index in [9.17, 15) is 0 Å². The van der Waals surface area contributed by atoms with Crippen LogP contribution in [0.25, 0.3) is 0 Å². The molecule has 0 fully saturated rings. The highest BCUT2D eigenvalue weighted by atomic mass is 35.5. The first-order valence-electron chi connectivity index (χ1n) is 6.11. The fourth-order valence-corrected chi connectivity index (χ4v) is 2.48. The van der Waals surface area contributed by atoms with Crippen molar-refractivity contribution in [3.63, 3.8) is 0 Å². The lowest BCUT2D eigenvalue weighted by atomic mass is 10.0. The molecule has 0 amide bonds.